The number of amides is 2. The van der Waals surface area contributed by atoms with Crippen LogP contribution in [0.3, 0.4) is 0 Å². The van der Waals surface area contributed by atoms with E-state index in [0.29, 0.717) is 23.2 Å². The van der Waals surface area contributed by atoms with E-state index in [1.807, 2.05) is 4.68 Å². The van der Waals surface area contributed by atoms with Crippen LogP contribution in [0.15, 0.2) is 24.5 Å². The second kappa shape index (κ2) is 9.84. The lowest BCUT2D eigenvalue weighted by molar-refractivity contribution is 0.0133. The molecule has 1 aliphatic rings. The third-order valence-electron chi connectivity index (χ3n) is 5.67. The molecule has 0 radical (unpaired) electrons. The lowest BCUT2D eigenvalue weighted by atomic mass is 9.82. The van der Waals surface area contributed by atoms with Crippen molar-refractivity contribution in [3.63, 3.8) is 0 Å². The van der Waals surface area contributed by atoms with Crippen molar-refractivity contribution in [2.75, 3.05) is 13.2 Å². The van der Waals surface area contributed by atoms with Crippen LogP contribution in [0.2, 0.25) is 5.02 Å². The van der Waals surface area contributed by atoms with Gasteiger partial charge in [0.25, 0.3) is 0 Å². The molecule has 2 N–H and O–H groups in total. The second-order valence-corrected chi connectivity index (χ2v) is 8.79. The molecule has 0 bridgehead atoms. The molecule has 4 rings (SSSR count). The van der Waals surface area contributed by atoms with E-state index in [9.17, 15) is 9.18 Å². The molecule has 0 saturated carbocycles. The maximum absolute atomic E-state index is 13.9. The molecule has 1 aromatic carbocycles. The lowest BCUT2D eigenvalue weighted by Gasteiger charge is -2.33. The number of hydrogen-bond donors (Lipinski definition) is 2. The van der Waals surface area contributed by atoms with Crippen LogP contribution in [0.4, 0.5) is 9.18 Å². The molecule has 0 atom stereocenters. The molecule has 1 fully saturated rings. The van der Waals surface area contributed by atoms with E-state index in [0.717, 1.165) is 32.6 Å². The molecule has 33 heavy (non-hydrogen) atoms. The van der Waals surface area contributed by atoms with Crippen molar-refractivity contribution in [1.82, 2.24) is 40.2 Å². The van der Waals surface area contributed by atoms with Crippen LogP contribution in [-0.4, -0.2) is 48.8 Å². The summed E-state index contributed by atoms with van der Waals surface area (Å²) in [5.74, 6) is 1.07. The van der Waals surface area contributed by atoms with Crippen molar-refractivity contribution in [2.45, 2.75) is 46.3 Å². The monoisotopic (exact) mass is 476 g/mol. The van der Waals surface area contributed by atoms with Gasteiger partial charge in [0.05, 0.1) is 23.8 Å². The summed E-state index contributed by atoms with van der Waals surface area (Å²) in [6.45, 7) is 6.47. The normalized spacial score (nSPS) is 15.4. The first-order valence-electron chi connectivity index (χ1n) is 10.7. The molecule has 0 aliphatic carbocycles. The van der Waals surface area contributed by atoms with Gasteiger partial charge in [0.15, 0.2) is 5.82 Å². The van der Waals surface area contributed by atoms with E-state index in [-0.39, 0.29) is 23.5 Å². The van der Waals surface area contributed by atoms with Gasteiger partial charge in [-0.1, -0.05) is 18.5 Å². The van der Waals surface area contributed by atoms with Crippen LogP contribution in [0.5, 0.6) is 0 Å². The van der Waals surface area contributed by atoms with E-state index in [1.165, 1.54) is 23.1 Å². The molecule has 2 aromatic heterocycles. The third kappa shape index (κ3) is 5.66. The fourth-order valence-corrected chi connectivity index (χ4v) is 3.84. The third-order valence-corrected chi connectivity index (χ3v) is 5.98. The van der Waals surface area contributed by atoms with Crippen molar-refractivity contribution in [3.05, 3.63) is 52.8 Å². The zero-order valence-corrected chi connectivity index (χ0v) is 19.3. The van der Waals surface area contributed by atoms with Gasteiger partial charge in [-0.2, -0.15) is 10.2 Å². The van der Waals surface area contributed by atoms with Gasteiger partial charge < -0.3 is 15.4 Å². The Balaban J connectivity index is 1.34. The number of rotatable bonds is 7. The minimum Gasteiger partial charge on any atom is -0.381 e. The molecule has 10 nitrogen and oxygen atoms in total. The Hall–Kier alpha value is -3.05. The summed E-state index contributed by atoms with van der Waals surface area (Å²) in [4.78, 5) is 21.0. The van der Waals surface area contributed by atoms with E-state index < -0.39 is 11.8 Å². The highest BCUT2D eigenvalue weighted by atomic mass is 35.5. The highest BCUT2D eigenvalue weighted by molar-refractivity contribution is 6.30. The molecule has 2 amide bonds. The number of hydrogen-bond acceptors (Lipinski definition) is 6. The first kappa shape index (κ1) is 23.1. The van der Waals surface area contributed by atoms with Crippen LogP contribution in [0.25, 0.3) is 5.69 Å². The minimum atomic E-state index is -0.558. The summed E-state index contributed by atoms with van der Waals surface area (Å²) >= 11 is 5.76. The Morgan fingerprint density at radius 3 is 2.70 bits per heavy atom. The van der Waals surface area contributed by atoms with Gasteiger partial charge >= 0.3 is 6.03 Å². The van der Waals surface area contributed by atoms with Gasteiger partial charge in [-0.25, -0.2) is 28.5 Å². The largest absolute Gasteiger partial charge is 0.381 e. The van der Waals surface area contributed by atoms with Crippen LogP contribution in [0, 0.1) is 18.2 Å². The Kier molecular flexibility index (Phi) is 6.89. The van der Waals surface area contributed by atoms with Gasteiger partial charge in [-0.05, 0) is 37.3 Å². The number of aryl methyl sites for hydroxylation is 1. The Labute approximate surface area is 195 Å². The quantitative estimate of drug-likeness (QED) is 0.542. The standard InChI is InChI=1S/C21H26ClFN8O2/c1-14-28-19(31(29-14)15-3-4-16(22)17(23)9-15)11-25-20(32)24-10-18-26-13-27-30(18)12-21(2)5-7-33-8-6-21/h3-4,9,13H,5-8,10-12H2,1-2H3,(H2,24,25,32). The first-order chi connectivity index (χ1) is 15.8. The number of nitrogens with zero attached hydrogens (tertiary/aromatic N) is 6. The molecule has 3 heterocycles. The van der Waals surface area contributed by atoms with Crippen LogP contribution < -0.4 is 10.6 Å². The fourth-order valence-electron chi connectivity index (χ4n) is 3.72. The van der Waals surface area contributed by atoms with Crippen molar-refractivity contribution < 1.29 is 13.9 Å². The maximum atomic E-state index is 13.9. The van der Waals surface area contributed by atoms with Gasteiger partial charge in [-0.3, -0.25) is 0 Å². The highest BCUT2D eigenvalue weighted by Gasteiger charge is 2.29. The topological polar surface area (TPSA) is 112 Å². The van der Waals surface area contributed by atoms with Gasteiger partial charge in [0.1, 0.15) is 23.8 Å². The average molecular weight is 477 g/mol. The lowest BCUT2D eigenvalue weighted by Crippen LogP contribution is -2.37. The number of nitrogens with one attached hydrogen (secondary N) is 2. The van der Waals surface area contributed by atoms with Gasteiger partial charge in [0, 0.05) is 25.8 Å². The number of carbonyl (C=O) groups is 1. The summed E-state index contributed by atoms with van der Waals surface area (Å²) in [6.07, 6.45) is 3.41. The number of carbonyl (C=O) groups excluding carboxylic acids is 1. The summed E-state index contributed by atoms with van der Waals surface area (Å²) in [5, 5.41) is 14.2. The van der Waals surface area contributed by atoms with Crippen LogP contribution >= 0.6 is 11.6 Å². The number of benzene rings is 1. The molecule has 12 heteroatoms. The second-order valence-electron chi connectivity index (χ2n) is 8.38. The summed E-state index contributed by atoms with van der Waals surface area (Å²) in [5.41, 5.74) is 0.552. The summed E-state index contributed by atoms with van der Waals surface area (Å²) in [6, 6.07) is 3.96. The Bertz CT molecular complexity index is 1130. The molecule has 0 unspecified atom stereocenters. The maximum Gasteiger partial charge on any atom is 0.315 e. The molecule has 176 valence electrons. The number of urea groups is 1. The van der Waals surface area contributed by atoms with Gasteiger partial charge in [-0.15, -0.1) is 0 Å². The van der Waals surface area contributed by atoms with E-state index >= 15 is 0 Å². The molecular formula is C21H26ClFN8O2. The zero-order chi connectivity index (χ0) is 23.4. The SMILES string of the molecule is Cc1nc(CNC(=O)NCc2ncnn2CC2(C)CCOCC2)n(-c2ccc(Cl)c(F)c2)n1. The Morgan fingerprint density at radius 1 is 1.24 bits per heavy atom. The first-order valence-corrected chi connectivity index (χ1v) is 11.0. The predicted octanol–water partition coefficient (Wildman–Crippen LogP) is 2.78. The van der Waals surface area contributed by atoms with Crippen LogP contribution in [-0.2, 0) is 24.4 Å². The number of aromatic nitrogens is 6. The van der Waals surface area contributed by atoms with Gasteiger partial charge in [0.2, 0.25) is 0 Å². The highest BCUT2D eigenvalue weighted by Crippen LogP contribution is 2.31. The van der Waals surface area contributed by atoms with Crippen molar-refractivity contribution in [3.8, 4) is 5.69 Å². The molecule has 1 aliphatic heterocycles. The smallest absolute Gasteiger partial charge is 0.315 e. The van der Waals surface area contributed by atoms with Crippen LogP contribution in [0.1, 0.15) is 37.2 Å². The number of ether oxygens (including phenoxy) is 1. The molecule has 0 spiro atoms. The summed E-state index contributed by atoms with van der Waals surface area (Å²) < 4.78 is 22.6. The molecule has 3 aromatic rings. The number of halogens is 2. The zero-order valence-electron chi connectivity index (χ0n) is 18.5. The molecule has 1 saturated heterocycles. The van der Waals surface area contributed by atoms with Crippen molar-refractivity contribution in [1.29, 1.82) is 0 Å². The predicted molar refractivity (Wildman–Crippen MR) is 118 cm³/mol. The average Bonchev–Trinajstić information content (AvgIpc) is 3.38. The summed E-state index contributed by atoms with van der Waals surface area (Å²) in [7, 11) is 0. The van der Waals surface area contributed by atoms with Crippen molar-refractivity contribution in [2.24, 2.45) is 5.41 Å². The van der Waals surface area contributed by atoms with Crippen molar-refractivity contribution >= 4 is 17.6 Å². The van der Waals surface area contributed by atoms with E-state index in [1.54, 1.807) is 13.0 Å². The van der Waals surface area contributed by atoms with E-state index in [4.69, 9.17) is 16.3 Å². The fraction of sp³-hybridized carbons (Fsp3) is 0.476. The minimum absolute atomic E-state index is 0.0216. The Morgan fingerprint density at radius 2 is 1.97 bits per heavy atom. The van der Waals surface area contributed by atoms with E-state index in [2.05, 4.69) is 37.7 Å². The molecular weight excluding hydrogens is 451 g/mol.